The molecule has 1 saturated carbocycles. The molecule has 1 aliphatic carbocycles. The Morgan fingerprint density at radius 3 is 2.27 bits per heavy atom. The quantitative estimate of drug-likeness (QED) is 0.377. The van der Waals surface area contributed by atoms with Crippen molar-refractivity contribution < 1.29 is 19.1 Å². The number of carbonyl (C=O) groups excluding carboxylic acids is 3. The van der Waals surface area contributed by atoms with Crippen LogP contribution in [0.3, 0.4) is 0 Å². The van der Waals surface area contributed by atoms with Crippen molar-refractivity contribution in [1.29, 1.82) is 0 Å². The summed E-state index contributed by atoms with van der Waals surface area (Å²) in [6, 6.07) is 0. The summed E-state index contributed by atoms with van der Waals surface area (Å²) >= 11 is 0. The van der Waals surface area contributed by atoms with Gasteiger partial charge in [-0.2, -0.15) is 0 Å². The minimum atomic E-state index is -1.07. The Kier molecular flexibility index (Phi) is 3.28. The maximum Gasteiger partial charge on any atom is 0.321 e. The minimum absolute atomic E-state index is 0.244. The summed E-state index contributed by atoms with van der Waals surface area (Å²) in [6.45, 7) is 3.19. The maximum absolute atomic E-state index is 11.5. The number of amides is 2. The van der Waals surface area contributed by atoms with E-state index in [0.717, 1.165) is 0 Å². The number of rotatable bonds is 3. The molecule has 2 amide bonds. The molecule has 15 heavy (non-hydrogen) atoms. The van der Waals surface area contributed by atoms with Crippen LogP contribution in [-0.4, -0.2) is 24.4 Å². The van der Waals surface area contributed by atoms with Gasteiger partial charge in [0, 0.05) is 6.92 Å². The Labute approximate surface area is 87.3 Å². The van der Waals surface area contributed by atoms with E-state index in [2.05, 4.69) is 10.9 Å². The van der Waals surface area contributed by atoms with Crippen molar-refractivity contribution in [3.63, 3.8) is 0 Å². The molecule has 6 nitrogen and oxygen atoms in total. The van der Waals surface area contributed by atoms with E-state index in [1.807, 2.05) is 0 Å². The van der Waals surface area contributed by atoms with E-state index in [9.17, 15) is 14.4 Å². The molecule has 1 fully saturated rings. The summed E-state index contributed by atoms with van der Waals surface area (Å²) in [4.78, 5) is 33.5. The van der Waals surface area contributed by atoms with E-state index in [1.165, 1.54) is 6.92 Å². The summed E-state index contributed by atoms with van der Waals surface area (Å²) in [5.41, 5.74) is 3.26. The van der Waals surface area contributed by atoms with Crippen LogP contribution in [0.25, 0.3) is 0 Å². The third kappa shape index (κ3) is 2.45. The molecule has 0 aromatic rings. The van der Waals surface area contributed by atoms with Crippen LogP contribution in [-0.2, 0) is 19.1 Å². The molecule has 0 unspecified atom stereocenters. The lowest BCUT2D eigenvalue weighted by atomic mass is 10.1. The van der Waals surface area contributed by atoms with Crippen LogP contribution in [0.15, 0.2) is 0 Å². The Bertz CT molecular complexity index is 296. The highest BCUT2D eigenvalue weighted by Gasteiger charge is 2.58. The Balaban J connectivity index is 2.51. The second-order valence-electron chi connectivity index (χ2n) is 3.44. The number of hydrazine groups is 1. The molecule has 1 aliphatic rings. The van der Waals surface area contributed by atoms with E-state index in [-0.39, 0.29) is 12.5 Å². The molecular weight excluding hydrogens is 200 g/mol. The Morgan fingerprint density at radius 1 is 1.27 bits per heavy atom. The number of esters is 1. The summed E-state index contributed by atoms with van der Waals surface area (Å²) in [7, 11) is 0. The van der Waals surface area contributed by atoms with Gasteiger partial charge < -0.3 is 4.74 Å². The predicted molar refractivity (Wildman–Crippen MR) is 50.3 cm³/mol. The average Bonchev–Trinajstić information content (AvgIpc) is 2.95. The van der Waals surface area contributed by atoms with Crippen molar-refractivity contribution in [2.45, 2.75) is 26.7 Å². The highest BCUT2D eigenvalue weighted by atomic mass is 16.5. The predicted octanol–water partition coefficient (Wildman–Crippen LogP) is -0.503. The second-order valence-corrected chi connectivity index (χ2v) is 3.44. The molecule has 0 aromatic carbocycles. The lowest BCUT2D eigenvalue weighted by molar-refractivity contribution is -0.155. The van der Waals surface area contributed by atoms with Gasteiger partial charge in [-0.1, -0.05) is 0 Å². The van der Waals surface area contributed by atoms with Crippen molar-refractivity contribution >= 4 is 17.8 Å². The molecule has 0 saturated heterocycles. The van der Waals surface area contributed by atoms with Crippen LogP contribution >= 0.6 is 0 Å². The zero-order chi connectivity index (χ0) is 11.5. The van der Waals surface area contributed by atoms with Crippen LogP contribution in [0.4, 0.5) is 0 Å². The van der Waals surface area contributed by atoms with Gasteiger partial charge in [-0.05, 0) is 19.8 Å². The van der Waals surface area contributed by atoms with E-state index >= 15 is 0 Å². The first-order valence-corrected chi connectivity index (χ1v) is 4.77. The first-order valence-electron chi connectivity index (χ1n) is 4.77. The number of carbonyl (C=O) groups is 3. The maximum atomic E-state index is 11.5. The third-order valence-corrected chi connectivity index (χ3v) is 2.20. The summed E-state index contributed by atoms with van der Waals surface area (Å²) in [5, 5.41) is 0. The monoisotopic (exact) mass is 214 g/mol. The zero-order valence-electron chi connectivity index (χ0n) is 8.75. The SMILES string of the molecule is CCOC(=O)C1(C(=O)NNC(C)=O)CC1. The molecule has 0 aromatic heterocycles. The topological polar surface area (TPSA) is 84.5 Å². The van der Waals surface area contributed by atoms with Gasteiger partial charge in [-0.25, -0.2) is 0 Å². The molecular formula is C9H14N2O4. The summed E-state index contributed by atoms with van der Waals surface area (Å²) in [5.74, 6) is -1.41. The average molecular weight is 214 g/mol. The number of hydrogen-bond acceptors (Lipinski definition) is 4. The van der Waals surface area contributed by atoms with Crippen LogP contribution in [0.2, 0.25) is 0 Å². The van der Waals surface area contributed by atoms with Gasteiger partial charge in [0.2, 0.25) is 5.91 Å². The Morgan fingerprint density at radius 2 is 1.87 bits per heavy atom. The molecule has 0 bridgehead atoms. The van der Waals surface area contributed by atoms with E-state index in [1.54, 1.807) is 6.92 Å². The first kappa shape index (κ1) is 11.5. The molecule has 0 radical (unpaired) electrons. The molecule has 6 heteroatoms. The fourth-order valence-electron chi connectivity index (χ4n) is 1.18. The number of nitrogens with one attached hydrogen (secondary N) is 2. The van der Waals surface area contributed by atoms with Gasteiger partial charge in [0.1, 0.15) is 5.41 Å². The van der Waals surface area contributed by atoms with Crippen molar-refractivity contribution in [3.8, 4) is 0 Å². The molecule has 2 N–H and O–H groups in total. The standard InChI is InChI=1S/C9H14N2O4/c1-3-15-8(14)9(4-5-9)7(13)11-10-6(2)12/h3-5H2,1-2H3,(H,10,12)(H,11,13). The number of ether oxygens (including phenoxy) is 1. The van der Waals surface area contributed by atoms with Gasteiger partial charge in [-0.3, -0.25) is 25.2 Å². The minimum Gasteiger partial charge on any atom is -0.465 e. The lowest BCUT2D eigenvalue weighted by Gasteiger charge is -2.13. The molecule has 0 spiro atoms. The van der Waals surface area contributed by atoms with Gasteiger partial charge in [-0.15, -0.1) is 0 Å². The van der Waals surface area contributed by atoms with Gasteiger partial charge in [0.05, 0.1) is 6.61 Å². The van der Waals surface area contributed by atoms with E-state index in [4.69, 9.17) is 4.74 Å². The molecule has 0 heterocycles. The lowest BCUT2D eigenvalue weighted by Crippen LogP contribution is -2.47. The highest BCUT2D eigenvalue weighted by Crippen LogP contribution is 2.46. The van der Waals surface area contributed by atoms with Crippen LogP contribution in [0, 0.1) is 5.41 Å². The third-order valence-electron chi connectivity index (χ3n) is 2.20. The smallest absolute Gasteiger partial charge is 0.321 e. The van der Waals surface area contributed by atoms with Crippen molar-refractivity contribution in [3.05, 3.63) is 0 Å². The largest absolute Gasteiger partial charge is 0.465 e. The van der Waals surface area contributed by atoms with Crippen molar-refractivity contribution in [2.24, 2.45) is 5.41 Å². The fraction of sp³-hybridized carbons (Fsp3) is 0.667. The van der Waals surface area contributed by atoms with Crippen LogP contribution in [0.5, 0.6) is 0 Å². The second kappa shape index (κ2) is 4.29. The van der Waals surface area contributed by atoms with Gasteiger partial charge in [0.25, 0.3) is 5.91 Å². The van der Waals surface area contributed by atoms with Crippen molar-refractivity contribution in [2.75, 3.05) is 6.61 Å². The van der Waals surface area contributed by atoms with E-state index < -0.39 is 17.3 Å². The fourth-order valence-corrected chi connectivity index (χ4v) is 1.18. The summed E-state index contributed by atoms with van der Waals surface area (Å²) < 4.78 is 4.78. The number of hydrogen-bond donors (Lipinski definition) is 2. The molecule has 0 atom stereocenters. The molecule has 1 rings (SSSR count). The van der Waals surface area contributed by atoms with Crippen molar-refractivity contribution in [1.82, 2.24) is 10.9 Å². The normalized spacial score (nSPS) is 16.4. The van der Waals surface area contributed by atoms with Crippen LogP contribution in [0.1, 0.15) is 26.7 Å². The highest BCUT2D eigenvalue weighted by molar-refractivity contribution is 6.05. The van der Waals surface area contributed by atoms with Gasteiger partial charge in [0.15, 0.2) is 0 Å². The van der Waals surface area contributed by atoms with Crippen LogP contribution < -0.4 is 10.9 Å². The zero-order valence-corrected chi connectivity index (χ0v) is 8.75. The summed E-state index contributed by atoms with van der Waals surface area (Å²) in [6.07, 6.45) is 0.939. The molecule has 0 aliphatic heterocycles. The Hall–Kier alpha value is -1.59. The van der Waals surface area contributed by atoms with E-state index in [0.29, 0.717) is 12.8 Å². The van der Waals surface area contributed by atoms with Gasteiger partial charge >= 0.3 is 5.97 Å². The first-order chi connectivity index (χ1) is 7.03. The molecule has 84 valence electrons.